The third-order valence-electron chi connectivity index (χ3n) is 3.78. The lowest BCUT2D eigenvalue weighted by molar-refractivity contribution is 0.0737. The highest BCUT2D eigenvalue weighted by molar-refractivity contribution is 5.97. The van der Waals surface area contributed by atoms with Crippen molar-refractivity contribution in [3.63, 3.8) is 0 Å². The quantitative estimate of drug-likeness (QED) is 0.858. The Bertz CT molecular complexity index is 713. The highest BCUT2D eigenvalue weighted by atomic mass is 35.5. The molecule has 0 aliphatic carbocycles. The molecule has 1 amide bonds. The van der Waals surface area contributed by atoms with Gasteiger partial charge in [-0.1, -0.05) is 18.2 Å². The summed E-state index contributed by atoms with van der Waals surface area (Å²) in [6.07, 6.45) is 1.81. The smallest absolute Gasteiger partial charge is 0.349 e. The summed E-state index contributed by atoms with van der Waals surface area (Å²) in [5, 5.41) is 0.749. The van der Waals surface area contributed by atoms with E-state index in [-0.39, 0.29) is 29.9 Å². The highest BCUT2D eigenvalue weighted by Crippen LogP contribution is 2.20. The van der Waals surface area contributed by atoms with Gasteiger partial charge in [-0.05, 0) is 25.0 Å². The average molecular weight is 309 g/mol. The fourth-order valence-corrected chi connectivity index (χ4v) is 2.71. The minimum atomic E-state index is -0.587. The Hall–Kier alpha value is -1.85. The lowest BCUT2D eigenvalue weighted by Gasteiger charge is -2.22. The molecule has 1 aromatic heterocycles. The van der Waals surface area contributed by atoms with Gasteiger partial charge in [-0.25, -0.2) is 4.79 Å². The molecular formula is C15H17ClN2O3. The number of likely N-dealkylation sites (tertiary alicyclic amines) is 1. The predicted octanol–water partition coefficient (Wildman–Crippen LogP) is 1.78. The van der Waals surface area contributed by atoms with Crippen molar-refractivity contribution in [2.45, 2.75) is 18.9 Å². The second-order valence-electron chi connectivity index (χ2n) is 5.02. The van der Waals surface area contributed by atoms with Crippen LogP contribution in [0.5, 0.6) is 0 Å². The summed E-state index contributed by atoms with van der Waals surface area (Å²) in [6.45, 7) is 1.07. The molecular weight excluding hydrogens is 292 g/mol. The lowest BCUT2D eigenvalue weighted by atomic mass is 10.1. The van der Waals surface area contributed by atoms with E-state index in [4.69, 9.17) is 10.2 Å². The zero-order valence-corrected chi connectivity index (χ0v) is 12.3. The van der Waals surface area contributed by atoms with Gasteiger partial charge in [0.25, 0.3) is 5.91 Å². The van der Waals surface area contributed by atoms with E-state index in [9.17, 15) is 9.59 Å². The number of fused-ring (bicyclic) bond motifs is 1. The number of hydrogen-bond acceptors (Lipinski definition) is 4. The molecule has 0 bridgehead atoms. The van der Waals surface area contributed by atoms with Gasteiger partial charge in [0.05, 0.1) is 0 Å². The summed E-state index contributed by atoms with van der Waals surface area (Å²) < 4.78 is 5.21. The number of para-hydroxylation sites is 1. The molecule has 1 aliphatic heterocycles. The van der Waals surface area contributed by atoms with Crippen LogP contribution in [0.1, 0.15) is 23.2 Å². The fourth-order valence-electron chi connectivity index (χ4n) is 2.71. The van der Waals surface area contributed by atoms with Crippen molar-refractivity contribution in [2.75, 3.05) is 13.1 Å². The molecule has 1 aliphatic rings. The maximum atomic E-state index is 12.5. The van der Waals surface area contributed by atoms with E-state index >= 15 is 0 Å². The van der Waals surface area contributed by atoms with Crippen LogP contribution in [-0.4, -0.2) is 29.9 Å². The van der Waals surface area contributed by atoms with Crippen molar-refractivity contribution in [1.29, 1.82) is 0 Å². The lowest BCUT2D eigenvalue weighted by Crippen LogP contribution is -2.41. The molecule has 21 heavy (non-hydrogen) atoms. The molecule has 0 radical (unpaired) electrons. The minimum Gasteiger partial charge on any atom is -0.422 e. The molecule has 2 aromatic rings. The zero-order valence-electron chi connectivity index (χ0n) is 11.5. The van der Waals surface area contributed by atoms with Gasteiger partial charge in [-0.2, -0.15) is 0 Å². The number of hydrogen-bond donors (Lipinski definition) is 1. The first-order valence-corrected chi connectivity index (χ1v) is 6.74. The maximum absolute atomic E-state index is 12.5. The van der Waals surface area contributed by atoms with Crippen LogP contribution in [0, 0.1) is 0 Å². The van der Waals surface area contributed by atoms with Crippen molar-refractivity contribution in [2.24, 2.45) is 5.73 Å². The molecule has 6 heteroatoms. The average Bonchev–Trinajstić information content (AvgIpc) is 2.94. The van der Waals surface area contributed by atoms with Crippen molar-refractivity contribution in [3.8, 4) is 0 Å². The Labute approximate surface area is 128 Å². The van der Waals surface area contributed by atoms with Crippen LogP contribution in [0.4, 0.5) is 0 Å². The van der Waals surface area contributed by atoms with E-state index in [1.165, 1.54) is 0 Å². The Morgan fingerprint density at radius 3 is 2.90 bits per heavy atom. The topological polar surface area (TPSA) is 76.5 Å². The van der Waals surface area contributed by atoms with Crippen LogP contribution in [0.15, 0.2) is 39.5 Å². The van der Waals surface area contributed by atoms with E-state index < -0.39 is 5.63 Å². The van der Waals surface area contributed by atoms with Crippen LogP contribution < -0.4 is 11.4 Å². The standard InChI is InChI=1S/C15H16N2O3.ClH/c16-9-11-5-3-7-17(11)14(18)12-8-10-4-1-2-6-13(10)20-15(12)19;/h1-2,4,6,8,11H,3,5,7,9,16H2;1H. The number of halogens is 1. The van der Waals surface area contributed by atoms with Gasteiger partial charge in [0, 0.05) is 24.5 Å². The minimum absolute atomic E-state index is 0. The summed E-state index contributed by atoms with van der Waals surface area (Å²) in [4.78, 5) is 26.2. The van der Waals surface area contributed by atoms with E-state index in [0.29, 0.717) is 18.7 Å². The first-order valence-electron chi connectivity index (χ1n) is 6.74. The zero-order chi connectivity index (χ0) is 14.1. The van der Waals surface area contributed by atoms with Gasteiger partial charge in [0.2, 0.25) is 0 Å². The van der Waals surface area contributed by atoms with Gasteiger partial charge in [0.15, 0.2) is 0 Å². The summed E-state index contributed by atoms with van der Waals surface area (Å²) in [6, 6.07) is 8.79. The molecule has 1 fully saturated rings. The Morgan fingerprint density at radius 2 is 2.14 bits per heavy atom. The molecule has 1 aromatic carbocycles. The predicted molar refractivity (Wildman–Crippen MR) is 82.8 cm³/mol. The number of nitrogens with two attached hydrogens (primary N) is 1. The molecule has 1 saturated heterocycles. The van der Waals surface area contributed by atoms with E-state index in [1.54, 1.807) is 23.1 Å². The second kappa shape index (κ2) is 6.28. The maximum Gasteiger partial charge on any atom is 0.349 e. The number of carbonyl (C=O) groups excluding carboxylic acids is 1. The van der Waals surface area contributed by atoms with Crippen molar-refractivity contribution < 1.29 is 9.21 Å². The highest BCUT2D eigenvalue weighted by Gasteiger charge is 2.30. The van der Waals surface area contributed by atoms with Gasteiger partial charge < -0.3 is 15.1 Å². The van der Waals surface area contributed by atoms with Gasteiger partial charge in [0.1, 0.15) is 11.1 Å². The molecule has 0 saturated carbocycles. The molecule has 3 rings (SSSR count). The van der Waals surface area contributed by atoms with Crippen molar-refractivity contribution in [1.82, 2.24) is 4.90 Å². The Kier molecular flexibility index (Phi) is 4.65. The first-order chi connectivity index (χ1) is 9.70. The summed E-state index contributed by atoms with van der Waals surface area (Å²) in [5.74, 6) is -0.280. The van der Waals surface area contributed by atoms with Crippen LogP contribution in [0.2, 0.25) is 0 Å². The first kappa shape index (κ1) is 15.5. The number of nitrogens with zero attached hydrogens (tertiary/aromatic N) is 1. The second-order valence-corrected chi connectivity index (χ2v) is 5.02. The SMILES string of the molecule is Cl.NCC1CCCN1C(=O)c1cc2ccccc2oc1=O. The monoisotopic (exact) mass is 308 g/mol. The van der Waals surface area contributed by atoms with Crippen LogP contribution in [0.3, 0.4) is 0 Å². The van der Waals surface area contributed by atoms with Crippen molar-refractivity contribution in [3.05, 3.63) is 46.3 Å². The van der Waals surface area contributed by atoms with Gasteiger partial charge in [-0.15, -0.1) is 12.4 Å². The number of benzene rings is 1. The summed E-state index contributed by atoms with van der Waals surface area (Å²) >= 11 is 0. The molecule has 1 atom stereocenters. The summed E-state index contributed by atoms with van der Waals surface area (Å²) in [7, 11) is 0. The number of amides is 1. The molecule has 0 spiro atoms. The molecule has 1 unspecified atom stereocenters. The Morgan fingerprint density at radius 1 is 1.38 bits per heavy atom. The van der Waals surface area contributed by atoms with Gasteiger partial charge >= 0.3 is 5.63 Å². The third-order valence-corrected chi connectivity index (χ3v) is 3.78. The van der Waals surface area contributed by atoms with Gasteiger partial charge in [-0.3, -0.25) is 4.79 Å². The van der Waals surface area contributed by atoms with Crippen LogP contribution in [-0.2, 0) is 0 Å². The Balaban J connectivity index is 0.00000161. The van der Waals surface area contributed by atoms with Crippen LogP contribution >= 0.6 is 12.4 Å². The normalized spacial score (nSPS) is 17.8. The number of rotatable bonds is 2. The molecule has 5 nitrogen and oxygen atoms in total. The molecule has 2 heterocycles. The van der Waals surface area contributed by atoms with Crippen LogP contribution in [0.25, 0.3) is 11.0 Å². The van der Waals surface area contributed by atoms with E-state index in [2.05, 4.69) is 0 Å². The summed E-state index contributed by atoms with van der Waals surface area (Å²) in [5.41, 5.74) is 5.67. The molecule has 112 valence electrons. The third kappa shape index (κ3) is 2.80. The van der Waals surface area contributed by atoms with E-state index in [1.807, 2.05) is 12.1 Å². The fraction of sp³-hybridized carbons (Fsp3) is 0.333. The molecule has 2 N–H and O–H groups in total. The van der Waals surface area contributed by atoms with Crippen molar-refractivity contribution >= 4 is 29.3 Å². The number of carbonyl (C=O) groups is 1. The largest absolute Gasteiger partial charge is 0.422 e. The van der Waals surface area contributed by atoms with E-state index in [0.717, 1.165) is 18.2 Å².